The molecule has 1 saturated heterocycles. The molecule has 1 heterocycles. The molecule has 0 radical (unpaired) electrons. The summed E-state index contributed by atoms with van der Waals surface area (Å²) in [6, 6.07) is 10.5. The maximum absolute atomic E-state index is 11.9. The van der Waals surface area contributed by atoms with Gasteiger partial charge in [-0.2, -0.15) is 0 Å². The van der Waals surface area contributed by atoms with Crippen LogP contribution in [-0.4, -0.2) is 36.5 Å². The van der Waals surface area contributed by atoms with Crippen LogP contribution < -0.4 is 11.1 Å². The van der Waals surface area contributed by atoms with E-state index in [2.05, 4.69) is 40.5 Å². The summed E-state index contributed by atoms with van der Waals surface area (Å²) in [6.07, 6.45) is 2.30. The molecule has 2 unspecified atom stereocenters. The lowest BCUT2D eigenvalue weighted by molar-refractivity contribution is -0.125. The van der Waals surface area contributed by atoms with E-state index in [9.17, 15) is 4.79 Å². The molecule has 1 aliphatic rings. The van der Waals surface area contributed by atoms with E-state index >= 15 is 0 Å². The first kappa shape index (κ1) is 23.2. The van der Waals surface area contributed by atoms with Crippen molar-refractivity contribution in [3.05, 3.63) is 35.9 Å². The first-order valence-corrected chi connectivity index (χ1v) is 8.36. The first-order valence-electron chi connectivity index (χ1n) is 8.36. The molecule has 0 aromatic heterocycles. The Labute approximate surface area is 158 Å². The average molecular weight is 376 g/mol. The fourth-order valence-corrected chi connectivity index (χ4v) is 2.83. The van der Waals surface area contributed by atoms with Gasteiger partial charge in [0.15, 0.2) is 0 Å². The molecule has 2 rings (SSSR count). The van der Waals surface area contributed by atoms with E-state index in [1.807, 2.05) is 13.8 Å². The fourth-order valence-electron chi connectivity index (χ4n) is 2.83. The van der Waals surface area contributed by atoms with E-state index in [1.54, 1.807) is 0 Å². The molecule has 1 aliphatic heterocycles. The molecular weight excluding hydrogens is 345 g/mol. The summed E-state index contributed by atoms with van der Waals surface area (Å²) in [4.78, 5) is 14.4. The van der Waals surface area contributed by atoms with Crippen LogP contribution in [0.25, 0.3) is 0 Å². The highest BCUT2D eigenvalue weighted by atomic mass is 35.5. The van der Waals surface area contributed by atoms with E-state index < -0.39 is 0 Å². The second-order valence-electron chi connectivity index (χ2n) is 6.60. The number of nitrogens with zero attached hydrogens (tertiary/aromatic N) is 1. The lowest BCUT2D eigenvalue weighted by Crippen LogP contribution is -2.42. The third kappa shape index (κ3) is 7.39. The quantitative estimate of drug-likeness (QED) is 0.803. The summed E-state index contributed by atoms with van der Waals surface area (Å²) in [5.41, 5.74) is 7.14. The third-order valence-corrected chi connectivity index (χ3v) is 4.72. The minimum atomic E-state index is -0.113. The van der Waals surface area contributed by atoms with Crippen molar-refractivity contribution >= 4 is 30.7 Å². The standard InChI is InChI=1S/C18H29N3O.2ClH/c1-14(15(2)19)18(22)20-12-16-8-10-21(11-9-16)13-17-6-4-3-5-7-17;;/h3-7,14-16H,8-13,19H2,1-2H3,(H,20,22);2*1H. The van der Waals surface area contributed by atoms with Crippen molar-refractivity contribution in [1.29, 1.82) is 0 Å². The summed E-state index contributed by atoms with van der Waals surface area (Å²) in [7, 11) is 0. The maximum Gasteiger partial charge on any atom is 0.224 e. The number of nitrogens with one attached hydrogen (secondary N) is 1. The van der Waals surface area contributed by atoms with Crippen LogP contribution in [0.1, 0.15) is 32.3 Å². The zero-order valence-electron chi connectivity index (χ0n) is 14.6. The maximum atomic E-state index is 11.9. The van der Waals surface area contributed by atoms with Crippen molar-refractivity contribution in [3.8, 4) is 0 Å². The molecule has 1 fully saturated rings. The number of piperidine rings is 1. The van der Waals surface area contributed by atoms with Crippen LogP contribution in [0, 0.1) is 11.8 Å². The van der Waals surface area contributed by atoms with Crippen LogP contribution in [0.2, 0.25) is 0 Å². The minimum absolute atomic E-state index is 0. The van der Waals surface area contributed by atoms with Gasteiger partial charge >= 0.3 is 0 Å². The zero-order chi connectivity index (χ0) is 15.9. The normalized spacial score (nSPS) is 18.0. The van der Waals surface area contributed by atoms with Gasteiger partial charge in [0.05, 0.1) is 0 Å². The van der Waals surface area contributed by atoms with Crippen LogP contribution in [0.4, 0.5) is 0 Å². The Bertz CT molecular complexity index is 463. The highest BCUT2D eigenvalue weighted by Gasteiger charge is 2.22. The molecule has 24 heavy (non-hydrogen) atoms. The number of benzene rings is 1. The zero-order valence-corrected chi connectivity index (χ0v) is 16.2. The summed E-state index contributed by atoms with van der Waals surface area (Å²) in [5.74, 6) is 0.566. The number of hydrogen-bond acceptors (Lipinski definition) is 3. The lowest BCUT2D eigenvalue weighted by atomic mass is 9.95. The Kier molecular flexibility index (Phi) is 11.3. The van der Waals surface area contributed by atoms with Crippen molar-refractivity contribution in [2.24, 2.45) is 17.6 Å². The Balaban J connectivity index is 0.00000264. The van der Waals surface area contributed by atoms with E-state index in [-0.39, 0.29) is 42.7 Å². The van der Waals surface area contributed by atoms with Crippen LogP contribution in [0.15, 0.2) is 30.3 Å². The van der Waals surface area contributed by atoms with Gasteiger partial charge in [-0.05, 0) is 44.3 Å². The molecule has 0 saturated carbocycles. The molecule has 1 aromatic carbocycles. The van der Waals surface area contributed by atoms with Crippen molar-refractivity contribution < 1.29 is 4.79 Å². The predicted molar refractivity (Wildman–Crippen MR) is 105 cm³/mol. The number of nitrogens with two attached hydrogens (primary N) is 1. The molecule has 2 atom stereocenters. The van der Waals surface area contributed by atoms with Crippen LogP contribution in [-0.2, 0) is 11.3 Å². The predicted octanol–water partition coefficient (Wildman–Crippen LogP) is 2.84. The van der Waals surface area contributed by atoms with Gasteiger partial charge in [-0.3, -0.25) is 9.69 Å². The second kappa shape index (κ2) is 11.7. The molecule has 0 bridgehead atoms. The highest BCUT2D eigenvalue weighted by molar-refractivity contribution is 5.85. The number of amides is 1. The summed E-state index contributed by atoms with van der Waals surface area (Å²) >= 11 is 0. The summed E-state index contributed by atoms with van der Waals surface area (Å²) in [5, 5.41) is 3.06. The Hall–Kier alpha value is -0.810. The average Bonchev–Trinajstić information content (AvgIpc) is 2.54. The van der Waals surface area contributed by atoms with Gasteiger partial charge in [-0.25, -0.2) is 0 Å². The third-order valence-electron chi connectivity index (χ3n) is 4.72. The Morgan fingerprint density at radius 2 is 1.79 bits per heavy atom. The lowest BCUT2D eigenvalue weighted by Gasteiger charge is -2.32. The van der Waals surface area contributed by atoms with E-state index in [4.69, 9.17) is 5.73 Å². The van der Waals surface area contributed by atoms with Gasteiger partial charge in [0.1, 0.15) is 0 Å². The second-order valence-corrected chi connectivity index (χ2v) is 6.60. The molecule has 138 valence electrons. The van der Waals surface area contributed by atoms with Gasteiger partial charge < -0.3 is 11.1 Å². The Morgan fingerprint density at radius 1 is 1.21 bits per heavy atom. The van der Waals surface area contributed by atoms with Gasteiger partial charge in [0.25, 0.3) is 0 Å². The minimum Gasteiger partial charge on any atom is -0.356 e. The number of halogens is 2. The van der Waals surface area contributed by atoms with Gasteiger partial charge in [-0.15, -0.1) is 24.8 Å². The van der Waals surface area contributed by atoms with E-state index in [1.165, 1.54) is 5.56 Å². The first-order chi connectivity index (χ1) is 10.6. The number of likely N-dealkylation sites (tertiary alicyclic amines) is 1. The molecule has 1 aromatic rings. The molecule has 3 N–H and O–H groups in total. The largest absolute Gasteiger partial charge is 0.356 e. The molecule has 0 aliphatic carbocycles. The topological polar surface area (TPSA) is 58.4 Å². The fraction of sp³-hybridized carbons (Fsp3) is 0.611. The van der Waals surface area contributed by atoms with Crippen molar-refractivity contribution in [2.75, 3.05) is 19.6 Å². The van der Waals surface area contributed by atoms with Gasteiger partial charge in [-0.1, -0.05) is 37.3 Å². The van der Waals surface area contributed by atoms with Crippen molar-refractivity contribution in [1.82, 2.24) is 10.2 Å². The van der Waals surface area contributed by atoms with E-state index in [0.29, 0.717) is 5.92 Å². The SMILES string of the molecule is CC(N)C(C)C(=O)NCC1CCN(Cc2ccccc2)CC1.Cl.Cl. The highest BCUT2D eigenvalue weighted by Crippen LogP contribution is 2.18. The smallest absolute Gasteiger partial charge is 0.224 e. The number of rotatable bonds is 6. The molecule has 1 amide bonds. The molecule has 6 heteroatoms. The van der Waals surface area contributed by atoms with Crippen LogP contribution in [0.5, 0.6) is 0 Å². The number of carbonyl (C=O) groups is 1. The molecule has 4 nitrogen and oxygen atoms in total. The Morgan fingerprint density at radius 3 is 2.33 bits per heavy atom. The van der Waals surface area contributed by atoms with E-state index in [0.717, 1.165) is 39.0 Å². The van der Waals surface area contributed by atoms with Crippen LogP contribution in [0.3, 0.4) is 0 Å². The van der Waals surface area contributed by atoms with Crippen molar-refractivity contribution in [2.45, 2.75) is 39.3 Å². The van der Waals surface area contributed by atoms with Crippen molar-refractivity contribution in [3.63, 3.8) is 0 Å². The number of carbonyl (C=O) groups excluding carboxylic acids is 1. The molecular formula is C18H31Cl2N3O. The number of hydrogen-bond donors (Lipinski definition) is 2. The molecule has 0 spiro atoms. The summed E-state index contributed by atoms with van der Waals surface area (Å²) in [6.45, 7) is 7.81. The monoisotopic (exact) mass is 375 g/mol. The van der Waals surface area contributed by atoms with Gasteiger partial charge in [0, 0.05) is 25.0 Å². The summed E-state index contributed by atoms with van der Waals surface area (Å²) < 4.78 is 0. The van der Waals surface area contributed by atoms with Crippen LogP contribution >= 0.6 is 24.8 Å². The van der Waals surface area contributed by atoms with Gasteiger partial charge in [0.2, 0.25) is 5.91 Å².